The van der Waals surface area contributed by atoms with Crippen molar-refractivity contribution in [3.8, 4) is 0 Å². The van der Waals surface area contributed by atoms with Crippen molar-refractivity contribution >= 4 is 5.97 Å². The largest absolute Gasteiger partial charge is 0.436 e. The molecule has 1 atom stereocenters. The van der Waals surface area contributed by atoms with Crippen LogP contribution in [0.3, 0.4) is 0 Å². The van der Waals surface area contributed by atoms with Gasteiger partial charge in [-0.25, -0.2) is 0 Å². The molecule has 0 radical (unpaired) electrons. The summed E-state index contributed by atoms with van der Waals surface area (Å²) in [5, 5.41) is 0. The third-order valence-corrected chi connectivity index (χ3v) is 4.79. The van der Waals surface area contributed by atoms with Gasteiger partial charge >= 0.3 is 5.97 Å². The Bertz CT molecular complexity index is 339. The van der Waals surface area contributed by atoms with Crippen LogP contribution in [-0.4, -0.2) is 18.9 Å². The summed E-state index contributed by atoms with van der Waals surface area (Å²) in [5.41, 5.74) is 0. The van der Waals surface area contributed by atoms with Crippen LogP contribution in [0.15, 0.2) is 12.2 Å². The maximum absolute atomic E-state index is 11.7. The fourth-order valence-corrected chi connectivity index (χ4v) is 3.01. The summed E-state index contributed by atoms with van der Waals surface area (Å²) >= 11 is 0. The second-order valence-corrected chi connectivity index (χ2v) is 7.62. The van der Waals surface area contributed by atoms with Crippen LogP contribution in [0.25, 0.3) is 0 Å². The molecule has 0 saturated carbocycles. The van der Waals surface area contributed by atoms with Gasteiger partial charge in [-0.1, -0.05) is 83.8 Å². The van der Waals surface area contributed by atoms with Gasteiger partial charge in [0.25, 0.3) is 0 Å². The van der Waals surface area contributed by atoms with Crippen LogP contribution < -0.4 is 0 Å². The van der Waals surface area contributed by atoms with Gasteiger partial charge in [0.05, 0.1) is 6.61 Å². The van der Waals surface area contributed by atoms with Crippen molar-refractivity contribution < 1.29 is 14.3 Å². The Morgan fingerprint density at radius 3 is 1.85 bits per heavy atom. The highest BCUT2D eigenvalue weighted by atomic mass is 16.7. The molecule has 27 heavy (non-hydrogen) atoms. The number of ether oxygens (including phenoxy) is 2. The first-order valence-corrected chi connectivity index (χ1v) is 11.7. The van der Waals surface area contributed by atoms with Crippen LogP contribution in [-0.2, 0) is 14.3 Å². The highest BCUT2D eigenvalue weighted by Gasteiger charge is 2.08. The lowest BCUT2D eigenvalue weighted by Gasteiger charge is -2.13. The average Bonchev–Trinajstić information content (AvgIpc) is 2.65. The van der Waals surface area contributed by atoms with E-state index in [0.717, 1.165) is 25.7 Å². The fourth-order valence-electron chi connectivity index (χ4n) is 3.01. The van der Waals surface area contributed by atoms with Gasteiger partial charge in [-0.2, -0.15) is 0 Å². The van der Waals surface area contributed by atoms with Gasteiger partial charge in [0, 0.05) is 6.42 Å². The molecule has 0 aliphatic heterocycles. The van der Waals surface area contributed by atoms with E-state index < -0.39 is 6.29 Å². The van der Waals surface area contributed by atoms with E-state index >= 15 is 0 Å². The van der Waals surface area contributed by atoms with E-state index in [4.69, 9.17) is 9.47 Å². The molecule has 0 N–H and O–H groups in total. The summed E-state index contributed by atoms with van der Waals surface area (Å²) in [5.74, 6) is -0.128. The molecule has 0 amide bonds. The van der Waals surface area contributed by atoms with Crippen molar-refractivity contribution in [3.05, 3.63) is 12.2 Å². The van der Waals surface area contributed by atoms with E-state index in [9.17, 15) is 4.79 Å². The Hall–Kier alpha value is -0.830. The summed E-state index contributed by atoms with van der Waals surface area (Å²) in [6, 6.07) is 0. The Balaban J connectivity index is 3.30. The van der Waals surface area contributed by atoms with Gasteiger partial charge in [0.2, 0.25) is 0 Å². The fraction of sp³-hybridized carbons (Fsp3) is 0.875. The predicted octanol–water partition coefficient (Wildman–Crippen LogP) is 7.73. The van der Waals surface area contributed by atoms with E-state index in [1.807, 2.05) is 0 Å². The molecule has 0 aromatic rings. The number of hydrogen-bond acceptors (Lipinski definition) is 3. The van der Waals surface area contributed by atoms with Crippen LogP contribution >= 0.6 is 0 Å². The lowest BCUT2D eigenvalue weighted by atomic mass is 10.1. The van der Waals surface area contributed by atoms with Gasteiger partial charge in [-0.05, 0) is 45.4 Å². The SMILES string of the molecule is CCCCCCCC/C=C\CCCCCCCC(=O)OC(C)OCCCC. The zero-order valence-electron chi connectivity index (χ0n) is 18.5. The van der Waals surface area contributed by atoms with Crippen LogP contribution in [0.5, 0.6) is 0 Å². The second kappa shape index (κ2) is 21.5. The molecule has 0 rings (SSSR count). The zero-order valence-corrected chi connectivity index (χ0v) is 18.5. The van der Waals surface area contributed by atoms with Crippen LogP contribution in [0.2, 0.25) is 0 Å². The molecule has 0 aliphatic rings. The van der Waals surface area contributed by atoms with E-state index in [-0.39, 0.29) is 5.97 Å². The van der Waals surface area contributed by atoms with Gasteiger partial charge in [0.15, 0.2) is 6.29 Å². The molecule has 0 fully saturated rings. The molecular weight excluding hydrogens is 336 g/mol. The monoisotopic (exact) mass is 382 g/mol. The molecule has 1 unspecified atom stereocenters. The quantitative estimate of drug-likeness (QED) is 0.0935. The van der Waals surface area contributed by atoms with Crippen LogP contribution in [0.4, 0.5) is 0 Å². The topological polar surface area (TPSA) is 35.5 Å². The van der Waals surface area contributed by atoms with Gasteiger partial charge in [-0.15, -0.1) is 0 Å². The highest BCUT2D eigenvalue weighted by molar-refractivity contribution is 5.69. The molecule has 0 heterocycles. The number of carbonyl (C=O) groups is 1. The molecular formula is C24H46O3. The Kier molecular flexibility index (Phi) is 20.8. The molecule has 0 aliphatic carbocycles. The van der Waals surface area contributed by atoms with Crippen molar-refractivity contribution in [2.75, 3.05) is 6.61 Å². The average molecular weight is 383 g/mol. The van der Waals surface area contributed by atoms with Crippen LogP contribution in [0.1, 0.15) is 124 Å². The number of hydrogen-bond donors (Lipinski definition) is 0. The first-order chi connectivity index (χ1) is 13.2. The Morgan fingerprint density at radius 1 is 0.741 bits per heavy atom. The van der Waals surface area contributed by atoms with E-state index in [1.165, 1.54) is 70.6 Å². The molecule has 3 nitrogen and oxygen atoms in total. The normalized spacial score (nSPS) is 12.6. The summed E-state index contributed by atoms with van der Waals surface area (Å²) in [4.78, 5) is 11.7. The number of esters is 1. The Morgan fingerprint density at radius 2 is 1.26 bits per heavy atom. The predicted molar refractivity (Wildman–Crippen MR) is 116 cm³/mol. The van der Waals surface area contributed by atoms with Gasteiger partial charge in [0.1, 0.15) is 0 Å². The molecule has 0 saturated heterocycles. The van der Waals surface area contributed by atoms with E-state index in [1.54, 1.807) is 6.92 Å². The molecule has 0 aromatic heterocycles. The smallest absolute Gasteiger partial charge is 0.308 e. The summed E-state index contributed by atoms with van der Waals surface area (Å²) in [7, 11) is 0. The van der Waals surface area contributed by atoms with Crippen molar-refractivity contribution in [2.45, 2.75) is 130 Å². The Labute approximate surface area is 169 Å². The molecule has 0 bridgehead atoms. The number of unbranched alkanes of at least 4 members (excludes halogenated alkanes) is 12. The number of carbonyl (C=O) groups excluding carboxylic acids is 1. The van der Waals surface area contributed by atoms with Crippen molar-refractivity contribution in [1.29, 1.82) is 0 Å². The first kappa shape index (κ1) is 26.2. The van der Waals surface area contributed by atoms with Crippen molar-refractivity contribution in [2.24, 2.45) is 0 Å². The molecule has 0 spiro atoms. The van der Waals surface area contributed by atoms with Crippen LogP contribution in [0, 0.1) is 0 Å². The molecule has 160 valence electrons. The number of rotatable bonds is 20. The first-order valence-electron chi connectivity index (χ1n) is 11.7. The molecule has 0 aromatic carbocycles. The van der Waals surface area contributed by atoms with Crippen molar-refractivity contribution in [3.63, 3.8) is 0 Å². The third-order valence-electron chi connectivity index (χ3n) is 4.79. The summed E-state index contributed by atoms with van der Waals surface area (Å²) in [6.07, 6.45) is 23.4. The lowest BCUT2D eigenvalue weighted by molar-refractivity contribution is -0.175. The summed E-state index contributed by atoms with van der Waals surface area (Å²) in [6.45, 7) is 6.85. The third kappa shape index (κ3) is 21.3. The maximum atomic E-state index is 11.7. The standard InChI is InChI=1S/C24H46O3/c1-4-6-8-9-10-11-12-13-14-15-16-17-18-19-20-21-24(25)27-23(3)26-22-7-5-2/h13-14,23H,4-12,15-22H2,1-3H3/b14-13-. The highest BCUT2D eigenvalue weighted by Crippen LogP contribution is 2.10. The summed E-state index contributed by atoms with van der Waals surface area (Å²) < 4.78 is 10.7. The lowest BCUT2D eigenvalue weighted by Crippen LogP contribution is -2.18. The molecule has 3 heteroatoms. The van der Waals surface area contributed by atoms with Gasteiger partial charge < -0.3 is 9.47 Å². The van der Waals surface area contributed by atoms with E-state index in [0.29, 0.717) is 13.0 Å². The van der Waals surface area contributed by atoms with E-state index in [2.05, 4.69) is 26.0 Å². The zero-order chi connectivity index (χ0) is 20.0. The minimum Gasteiger partial charge on any atom is -0.436 e. The number of allylic oxidation sites excluding steroid dienone is 2. The van der Waals surface area contributed by atoms with Gasteiger partial charge in [-0.3, -0.25) is 4.79 Å². The minimum atomic E-state index is -0.410. The maximum Gasteiger partial charge on any atom is 0.308 e. The van der Waals surface area contributed by atoms with Crippen molar-refractivity contribution in [1.82, 2.24) is 0 Å². The minimum absolute atomic E-state index is 0.128. The second-order valence-electron chi connectivity index (χ2n) is 7.62.